The summed E-state index contributed by atoms with van der Waals surface area (Å²) >= 11 is 1.92. The first-order chi connectivity index (χ1) is 20.2. The lowest BCUT2D eigenvalue weighted by Gasteiger charge is -2.29. The second kappa shape index (κ2) is 13.6. The minimum absolute atomic E-state index is 0.389. The molecule has 0 radical (unpaired) electrons. The first-order valence-electron chi connectivity index (χ1n) is 14.9. The van der Waals surface area contributed by atoms with Crippen LogP contribution in [0.25, 0.3) is 5.57 Å². The fourth-order valence-electron chi connectivity index (χ4n) is 5.96. The van der Waals surface area contributed by atoms with Gasteiger partial charge in [-0.05, 0) is 93.7 Å². The van der Waals surface area contributed by atoms with Crippen molar-refractivity contribution >= 4 is 23.2 Å². The fourth-order valence-corrected chi connectivity index (χ4v) is 7.12. The third-order valence-corrected chi connectivity index (χ3v) is 9.75. The van der Waals surface area contributed by atoms with E-state index in [2.05, 4.69) is 39.8 Å². The number of amidine groups is 1. The first-order valence-corrected chi connectivity index (χ1v) is 15.9. The second-order valence-electron chi connectivity index (χ2n) is 11.4. The molecule has 1 saturated heterocycles. The van der Waals surface area contributed by atoms with Gasteiger partial charge in [-0.15, -0.1) is 11.8 Å². The zero-order valence-corrected chi connectivity index (χ0v) is 25.5. The third-order valence-electron chi connectivity index (χ3n) is 8.42. The number of pyridine rings is 1. The Morgan fingerprint density at radius 2 is 2.05 bits per heavy atom. The van der Waals surface area contributed by atoms with Gasteiger partial charge in [0.1, 0.15) is 5.69 Å². The van der Waals surface area contributed by atoms with Crippen LogP contribution in [0, 0.1) is 18.8 Å². The molecule has 2 atom stereocenters. The molecule has 2 aromatic heterocycles. The van der Waals surface area contributed by atoms with Gasteiger partial charge in [0.2, 0.25) is 0 Å². The van der Waals surface area contributed by atoms with E-state index >= 15 is 0 Å². The molecule has 1 aliphatic carbocycles. The number of thioether (sulfide) groups is 1. The van der Waals surface area contributed by atoms with Crippen molar-refractivity contribution in [2.24, 2.45) is 16.8 Å². The maximum atomic E-state index is 13.0. The van der Waals surface area contributed by atoms with E-state index in [1.807, 2.05) is 30.8 Å². The molecular formula is C32H40F3N5OS. The Hall–Kier alpha value is -2.85. The summed E-state index contributed by atoms with van der Waals surface area (Å²) in [4.78, 5) is 17.6. The van der Waals surface area contributed by atoms with Crippen molar-refractivity contribution in [3.8, 4) is 0 Å². The van der Waals surface area contributed by atoms with Crippen LogP contribution in [-0.2, 0) is 6.18 Å². The molecule has 0 saturated carbocycles. The predicted molar refractivity (Wildman–Crippen MR) is 163 cm³/mol. The van der Waals surface area contributed by atoms with Crippen LogP contribution in [0.5, 0.6) is 0 Å². The SMILES string of the molecule is CCC1=C(SCCCN2CCC(CCC3C=CC(c4cccc(C(F)(F)F)n4)=CC3)C2)N(C)C(c2ocnc2C)=NC1. The first kappa shape index (κ1) is 30.6. The quantitative estimate of drug-likeness (QED) is 0.248. The number of allylic oxidation sites excluding steroid dienone is 4. The summed E-state index contributed by atoms with van der Waals surface area (Å²) in [5.74, 6) is 3.83. The zero-order valence-electron chi connectivity index (χ0n) is 24.7. The molecule has 226 valence electrons. The molecule has 0 N–H and O–H groups in total. The monoisotopic (exact) mass is 599 g/mol. The van der Waals surface area contributed by atoms with E-state index in [-0.39, 0.29) is 0 Å². The Bertz CT molecular complexity index is 1360. The van der Waals surface area contributed by atoms with E-state index in [9.17, 15) is 13.2 Å². The number of halogens is 3. The Labute approximate surface area is 250 Å². The van der Waals surface area contributed by atoms with Gasteiger partial charge >= 0.3 is 6.18 Å². The Kier molecular flexibility index (Phi) is 9.93. The number of likely N-dealkylation sites (tertiary alicyclic amines) is 1. The van der Waals surface area contributed by atoms with Crippen molar-refractivity contribution in [2.75, 3.05) is 39.0 Å². The average molecular weight is 600 g/mol. The predicted octanol–water partition coefficient (Wildman–Crippen LogP) is 7.60. The zero-order chi connectivity index (χ0) is 29.7. The molecule has 42 heavy (non-hydrogen) atoms. The molecule has 5 rings (SSSR count). The van der Waals surface area contributed by atoms with Gasteiger partial charge in [0.05, 0.1) is 23.0 Å². The fraction of sp³-hybridized carbons (Fsp3) is 0.531. The molecule has 0 aromatic carbocycles. The van der Waals surface area contributed by atoms with E-state index in [0.717, 1.165) is 80.0 Å². The highest BCUT2D eigenvalue weighted by atomic mass is 32.2. The number of aryl methyl sites for hydroxylation is 1. The summed E-state index contributed by atoms with van der Waals surface area (Å²) in [6.45, 7) is 8.28. The van der Waals surface area contributed by atoms with Gasteiger partial charge in [-0.2, -0.15) is 13.2 Å². The van der Waals surface area contributed by atoms with E-state index < -0.39 is 11.9 Å². The molecule has 4 heterocycles. The van der Waals surface area contributed by atoms with Crippen LogP contribution in [-0.4, -0.2) is 64.6 Å². The summed E-state index contributed by atoms with van der Waals surface area (Å²) in [5.41, 5.74) is 2.56. The number of alkyl halides is 3. The number of nitrogens with zero attached hydrogens (tertiary/aromatic N) is 5. The molecule has 2 aromatic rings. The number of hydrogen-bond acceptors (Lipinski definition) is 7. The van der Waals surface area contributed by atoms with E-state index in [4.69, 9.17) is 9.41 Å². The average Bonchev–Trinajstić information content (AvgIpc) is 3.63. The van der Waals surface area contributed by atoms with Crippen molar-refractivity contribution in [1.29, 1.82) is 0 Å². The van der Waals surface area contributed by atoms with Gasteiger partial charge in [-0.25, -0.2) is 9.97 Å². The van der Waals surface area contributed by atoms with Gasteiger partial charge in [0, 0.05) is 19.3 Å². The van der Waals surface area contributed by atoms with Crippen molar-refractivity contribution in [3.63, 3.8) is 0 Å². The molecule has 10 heteroatoms. The van der Waals surface area contributed by atoms with Crippen molar-refractivity contribution in [1.82, 2.24) is 19.8 Å². The highest BCUT2D eigenvalue weighted by Gasteiger charge is 2.32. The highest BCUT2D eigenvalue weighted by molar-refractivity contribution is 8.03. The second-order valence-corrected chi connectivity index (χ2v) is 12.5. The largest absolute Gasteiger partial charge is 0.440 e. The Morgan fingerprint density at radius 1 is 1.19 bits per heavy atom. The number of aromatic nitrogens is 2. The van der Waals surface area contributed by atoms with Crippen LogP contribution in [0.15, 0.2) is 62.8 Å². The molecular weight excluding hydrogens is 559 g/mol. The van der Waals surface area contributed by atoms with Gasteiger partial charge in [-0.1, -0.05) is 31.2 Å². The van der Waals surface area contributed by atoms with Crippen LogP contribution in [0.4, 0.5) is 13.2 Å². The Balaban J connectivity index is 1.02. The number of hydrogen-bond donors (Lipinski definition) is 0. The molecule has 0 spiro atoms. The van der Waals surface area contributed by atoms with Gasteiger partial charge < -0.3 is 14.2 Å². The van der Waals surface area contributed by atoms with Crippen molar-refractivity contribution in [3.05, 3.63) is 76.3 Å². The maximum absolute atomic E-state index is 13.0. The molecule has 0 bridgehead atoms. The maximum Gasteiger partial charge on any atom is 0.433 e. The standard InChI is InChI=1S/C32H40F3N5OS/c1-4-25-19-36-30(29-22(2)37-21-41-29)39(3)31(25)42-18-6-16-40-17-15-24(20-40)10-9-23-11-13-26(14-12-23)27-7-5-8-28(38-27)32(33,34)35/h5,7-8,11,13-14,21,23-24H,4,6,9-10,12,15-20H2,1-3H3. The topological polar surface area (TPSA) is 57.8 Å². The normalized spacial score (nSPS) is 21.7. The van der Waals surface area contributed by atoms with Crippen molar-refractivity contribution in [2.45, 2.75) is 58.5 Å². The van der Waals surface area contributed by atoms with E-state index in [1.165, 1.54) is 35.9 Å². The van der Waals surface area contributed by atoms with Gasteiger partial charge in [-0.3, -0.25) is 4.99 Å². The van der Waals surface area contributed by atoms with Crippen LogP contribution in [0.1, 0.15) is 68.3 Å². The summed E-state index contributed by atoms with van der Waals surface area (Å²) in [6.07, 6.45) is 9.71. The number of aliphatic imine (C=N–C) groups is 1. The van der Waals surface area contributed by atoms with Gasteiger partial charge in [0.25, 0.3) is 0 Å². The smallest absolute Gasteiger partial charge is 0.433 e. The highest BCUT2D eigenvalue weighted by Crippen LogP contribution is 2.33. The molecule has 6 nitrogen and oxygen atoms in total. The molecule has 2 unspecified atom stereocenters. The number of oxazole rings is 1. The van der Waals surface area contributed by atoms with Crippen LogP contribution in [0.2, 0.25) is 0 Å². The molecule has 3 aliphatic rings. The Morgan fingerprint density at radius 3 is 2.76 bits per heavy atom. The summed E-state index contributed by atoms with van der Waals surface area (Å²) in [5, 5.41) is 1.29. The van der Waals surface area contributed by atoms with Crippen molar-refractivity contribution < 1.29 is 17.6 Å². The lowest BCUT2D eigenvalue weighted by Crippen LogP contribution is -2.31. The molecule has 1 fully saturated rings. The van der Waals surface area contributed by atoms with Crippen LogP contribution in [0.3, 0.4) is 0 Å². The third kappa shape index (κ3) is 7.37. The summed E-state index contributed by atoms with van der Waals surface area (Å²) < 4.78 is 44.7. The number of rotatable bonds is 11. The lowest BCUT2D eigenvalue weighted by molar-refractivity contribution is -0.141. The molecule has 2 aliphatic heterocycles. The minimum atomic E-state index is -4.43. The van der Waals surface area contributed by atoms with E-state index in [1.54, 1.807) is 6.07 Å². The lowest BCUT2D eigenvalue weighted by atomic mass is 9.88. The van der Waals surface area contributed by atoms with Crippen LogP contribution < -0.4 is 0 Å². The van der Waals surface area contributed by atoms with Gasteiger partial charge in [0.15, 0.2) is 18.0 Å². The van der Waals surface area contributed by atoms with E-state index in [0.29, 0.717) is 24.1 Å². The minimum Gasteiger partial charge on any atom is -0.440 e. The summed E-state index contributed by atoms with van der Waals surface area (Å²) in [7, 11) is 2.07. The summed E-state index contributed by atoms with van der Waals surface area (Å²) in [6, 6.07) is 4.09. The van der Waals surface area contributed by atoms with Crippen LogP contribution >= 0.6 is 11.8 Å². The molecule has 0 amide bonds.